The molecule has 1 saturated carbocycles. The maximum absolute atomic E-state index is 13.1. The fraction of sp³-hybridized carbons (Fsp3) is 0.370. The third-order valence-corrected chi connectivity index (χ3v) is 7.33. The number of primary amides is 1. The van der Waals surface area contributed by atoms with Crippen molar-refractivity contribution in [2.75, 3.05) is 14.2 Å². The van der Waals surface area contributed by atoms with Crippen LogP contribution < -0.4 is 20.5 Å². The summed E-state index contributed by atoms with van der Waals surface area (Å²) < 4.78 is 14.0. The second-order valence-corrected chi connectivity index (χ2v) is 11.4. The molecule has 3 N–H and O–H groups in total. The average molecular weight is 543 g/mol. The molecule has 1 aromatic heterocycles. The Morgan fingerprint density at radius 1 is 1.16 bits per heavy atom. The molecule has 0 bridgehead atoms. The number of nitrogens with two attached hydrogens (primary N) is 1. The van der Waals surface area contributed by atoms with Crippen LogP contribution in [0.25, 0.3) is 16.9 Å². The molecule has 8 nitrogen and oxygen atoms in total. The number of benzene rings is 2. The Morgan fingerprint density at radius 3 is 2.38 bits per heavy atom. The van der Waals surface area contributed by atoms with E-state index in [1.54, 1.807) is 37.0 Å². The SMILES string of the molecule is CNC(=O)c1nn(-c2cc(Cl)cc(Cl)c2)c2c1C(C(C)(C)C)Oc1cc(OC)c([C@H]3C[C@@H]3C(N)=O)cc1-2. The molecule has 3 aromatic rings. The van der Waals surface area contributed by atoms with E-state index in [0.717, 1.165) is 11.1 Å². The van der Waals surface area contributed by atoms with Crippen LogP contribution in [0.4, 0.5) is 0 Å². The van der Waals surface area contributed by atoms with Crippen molar-refractivity contribution in [1.82, 2.24) is 15.1 Å². The second kappa shape index (κ2) is 8.96. The normalized spacial score (nSPS) is 19.9. The minimum absolute atomic E-state index is 0.0584. The number of rotatable bonds is 5. The van der Waals surface area contributed by atoms with E-state index in [2.05, 4.69) is 5.32 Å². The average Bonchev–Trinajstić information content (AvgIpc) is 3.53. The number of amides is 2. The van der Waals surface area contributed by atoms with Crippen molar-refractivity contribution in [3.63, 3.8) is 0 Å². The van der Waals surface area contributed by atoms with Crippen LogP contribution in [0.2, 0.25) is 10.0 Å². The Labute approximate surface area is 225 Å². The molecule has 1 fully saturated rings. The molecule has 5 rings (SSSR count). The molecule has 0 radical (unpaired) electrons. The van der Waals surface area contributed by atoms with Crippen molar-refractivity contribution in [3.05, 3.63) is 57.2 Å². The first-order valence-corrected chi connectivity index (χ1v) is 12.7. The number of fused-ring (bicyclic) bond motifs is 3. The number of methoxy groups -OCH3 is 1. The summed E-state index contributed by atoms with van der Waals surface area (Å²) in [6.45, 7) is 6.13. The number of aromatic nitrogens is 2. The first-order chi connectivity index (χ1) is 17.4. The molecular weight excluding hydrogens is 515 g/mol. The lowest BCUT2D eigenvalue weighted by atomic mass is 9.80. The number of carbonyl (C=O) groups is 2. The Hall–Kier alpha value is -3.23. The summed E-state index contributed by atoms with van der Waals surface area (Å²) in [5.74, 6) is 0.214. The molecule has 1 unspecified atom stereocenters. The molecular formula is C27H28Cl2N4O4. The third kappa shape index (κ3) is 4.32. The fourth-order valence-corrected chi connectivity index (χ4v) is 5.56. The predicted molar refractivity (Wildman–Crippen MR) is 142 cm³/mol. The highest BCUT2D eigenvalue weighted by molar-refractivity contribution is 6.34. The number of ether oxygens (including phenoxy) is 2. The van der Waals surface area contributed by atoms with Gasteiger partial charge in [0.1, 0.15) is 17.6 Å². The Balaban J connectivity index is 1.84. The summed E-state index contributed by atoms with van der Waals surface area (Å²) in [7, 11) is 3.15. The highest BCUT2D eigenvalue weighted by Crippen LogP contribution is 2.56. The van der Waals surface area contributed by atoms with Crippen LogP contribution in [0.15, 0.2) is 30.3 Å². The molecule has 1 aliphatic carbocycles. The van der Waals surface area contributed by atoms with Crippen LogP contribution in [0, 0.1) is 11.3 Å². The second-order valence-electron chi connectivity index (χ2n) is 10.5. The Bertz CT molecular complexity index is 1420. The summed E-state index contributed by atoms with van der Waals surface area (Å²) in [5, 5.41) is 8.32. The zero-order chi connectivity index (χ0) is 26.8. The first kappa shape index (κ1) is 25.4. The molecule has 2 aromatic carbocycles. The van der Waals surface area contributed by atoms with Crippen molar-refractivity contribution >= 4 is 35.0 Å². The lowest BCUT2D eigenvalue weighted by Gasteiger charge is -2.36. The van der Waals surface area contributed by atoms with Gasteiger partial charge in [-0.25, -0.2) is 4.68 Å². The van der Waals surface area contributed by atoms with Gasteiger partial charge in [-0.1, -0.05) is 44.0 Å². The number of hydrogen-bond acceptors (Lipinski definition) is 5. The van der Waals surface area contributed by atoms with Crippen LogP contribution in [-0.2, 0) is 4.79 Å². The highest BCUT2D eigenvalue weighted by Gasteiger charge is 2.46. The largest absolute Gasteiger partial charge is 0.496 e. The van der Waals surface area contributed by atoms with Gasteiger partial charge in [0.25, 0.3) is 5.91 Å². The van der Waals surface area contributed by atoms with E-state index in [1.807, 2.05) is 32.9 Å². The van der Waals surface area contributed by atoms with Gasteiger partial charge in [0, 0.05) is 40.1 Å². The first-order valence-electron chi connectivity index (χ1n) is 11.9. The zero-order valence-corrected chi connectivity index (χ0v) is 22.7. The Morgan fingerprint density at radius 2 is 1.84 bits per heavy atom. The van der Waals surface area contributed by atoms with Crippen LogP contribution in [-0.4, -0.2) is 35.8 Å². The molecule has 0 spiro atoms. The minimum Gasteiger partial charge on any atom is -0.496 e. The van der Waals surface area contributed by atoms with E-state index >= 15 is 0 Å². The van der Waals surface area contributed by atoms with Gasteiger partial charge in [0.2, 0.25) is 5.91 Å². The van der Waals surface area contributed by atoms with Gasteiger partial charge in [0.15, 0.2) is 5.69 Å². The predicted octanol–water partition coefficient (Wildman–Crippen LogP) is 5.28. The van der Waals surface area contributed by atoms with Gasteiger partial charge in [-0.3, -0.25) is 9.59 Å². The van der Waals surface area contributed by atoms with Gasteiger partial charge in [-0.15, -0.1) is 0 Å². The maximum atomic E-state index is 13.1. The van der Waals surface area contributed by atoms with E-state index in [-0.39, 0.29) is 29.3 Å². The smallest absolute Gasteiger partial charge is 0.271 e. The molecule has 10 heteroatoms. The van der Waals surface area contributed by atoms with Gasteiger partial charge >= 0.3 is 0 Å². The number of hydrogen-bond donors (Lipinski definition) is 2. The molecule has 37 heavy (non-hydrogen) atoms. The van der Waals surface area contributed by atoms with Crippen LogP contribution in [0.1, 0.15) is 60.8 Å². The lowest BCUT2D eigenvalue weighted by Crippen LogP contribution is -2.30. The van der Waals surface area contributed by atoms with Crippen LogP contribution in [0.5, 0.6) is 11.5 Å². The monoisotopic (exact) mass is 542 g/mol. The summed E-state index contributed by atoms with van der Waals surface area (Å²) in [5.41, 5.74) is 8.97. The van der Waals surface area contributed by atoms with Crippen molar-refractivity contribution in [3.8, 4) is 28.4 Å². The van der Waals surface area contributed by atoms with Gasteiger partial charge in [-0.2, -0.15) is 5.10 Å². The maximum Gasteiger partial charge on any atom is 0.271 e. The van der Waals surface area contributed by atoms with Crippen molar-refractivity contribution in [1.29, 1.82) is 0 Å². The molecule has 2 heterocycles. The van der Waals surface area contributed by atoms with Crippen molar-refractivity contribution in [2.24, 2.45) is 17.1 Å². The highest BCUT2D eigenvalue weighted by atomic mass is 35.5. The quantitative estimate of drug-likeness (QED) is 0.455. The van der Waals surface area contributed by atoms with E-state index in [9.17, 15) is 9.59 Å². The number of nitrogens with one attached hydrogen (secondary N) is 1. The van der Waals surface area contributed by atoms with Crippen molar-refractivity contribution < 1.29 is 19.1 Å². The number of carbonyl (C=O) groups excluding carboxylic acids is 2. The van der Waals surface area contributed by atoms with E-state index in [4.69, 9.17) is 43.5 Å². The third-order valence-electron chi connectivity index (χ3n) is 6.89. The molecule has 2 amide bonds. The van der Waals surface area contributed by atoms with Crippen LogP contribution in [0.3, 0.4) is 0 Å². The fourth-order valence-electron chi connectivity index (χ4n) is 5.05. The van der Waals surface area contributed by atoms with Crippen LogP contribution >= 0.6 is 23.2 Å². The van der Waals surface area contributed by atoms with Gasteiger partial charge in [0.05, 0.1) is 24.1 Å². The van der Waals surface area contributed by atoms with E-state index in [0.29, 0.717) is 44.9 Å². The molecule has 3 atom stereocenters. The Kier molecular flexibility index (Phi) is 6.15. The molecule has 1 aliphatic heterocycles. The summed E-state index contributed by atoms with van der Waals surface area (Å²) >= 11 is 12.7. The zero-order valence-electron chi connectivity index (χ0n) is 21.2. The van der Waals surface area contributed by atoms with Crippen molar-refractivity contribution in [2.45, 2.75) is 39.2 Å². The number of halogens is 2. The lowest BCUT2D eigenvalue weighted by molar-refractivity contribution is -0.119. The summed E-state index contributed by atoms with van der Waals surface area (Å²) in [6.07, 6.45) is 0.149. The van der Waals surface area contributed by atoms with Gasteiger partial charge in [-0.05, 0) is 42.2 Å². The standard InChI is InChI=1S/C27H28Cl2N4O4/c1-27(2,3)24-21-22(26(35)31-4)32-33(14-7-12(28)6-13(29)8-14)23(21)18-10-16(15-9-17(15)25(30)34)19(36-5)11-20(18)37-24/h6-8,10-11,15,17,24H,9H2,1-5H3,(H2,30,34)(H,31,35)/t15-,17+,24?/m1/s1. The molecule has 194 valence electrons. The summed E-state index contributed by atoms with van der Waals surface area (Å²) in [4.78, 5) is 25.0. The summed E-state index contributed by atoms with van der Waals surface area (Å²) in [6, 6.07) is 8.91. The number of nitrogens with zero attached hydrogens (tertiary/aromatic N) is 2. The minimum atomic E-state index is -0.499. The van der Waals surface area contributed by atoms with E-state index < -0.39 is 11.5 Å². The molecule has 2 aliphatic rings. The van der Waals surface area contributed by atoms with E-state index in [1.165, 1.54) is 0 Å². The van der Waals surface area contributed by atoms with Gasteiger partial charge < -0.3 is 20.5 Å². The molecule has 0 saturated heterocycles. The topological polar surface area (TPSA) is 108 Å².